The average Bonchev–Trinajstić information content (AvgIpc) is 2.90. The second-order valence-electron chi connectivity index (χ2n) is 8.26. The van der Waals surface area contributed by atoms with Crippen LogP contribution in [0.2, 0.25) is 0 Å². The topological polar surface area (TPSA) is 72.8 Å². The van der Waals surface area contributed by atoms with Gasteiger partial charge in [-0.3, -0.25) is 4.55 Å². The molecule has 2 aliphatic carbocycles. The fraction of sp³-hybridized carbons (Fsp3) is 1.00. The Bertz CT molecular complexity index is 599. The zero-order chi connectivity index (χ0) is 18.5. The Labute approximate surface area is 146 Å². The fourth-order valence-corrected chi connectivity index (χ4v) is 6.06. The van der Waals surface area contributed by atoms with Crippen LogP contribution in [0, 0.1) is 23.2 Å². The van der Waals surface area contributed by atoms with Gasteiger partial charge in [0.1, 0.15) is 0 Å². The largest absolute Gasteiger partial charge is 0.392 e. The number of rotatable bonds is 4. The number of fused-ring (bicyclic) bond motifs is 3. The molecule has 25 heavy (non-hydrogen) atoms. The van der Waals surface area contributed by atoms with Gasteiger partial charge in [0.15, 0.2) is 5.79 Å². The normalized spacial score (nSPS) is 36.5. The van der Waals surface area contributed by atoms with E-state index in [0.29, 0.717) is 32.0 Å². The van der Waals surface area contributed by atoms with Crippen molar-refractivity contribution in [3.63, 3.8) is 0 Å². The van der Waals surface area contributed by atoms with Gasteiger partial charge in [-0.05, 0) is 43.4 Å². The molecule has 3 fully saturated rings. The van der Waals surface area contributed by atoms with Gasteiger partial charge in [-0.15, -0.1) is 0 Å². The second kappa shape index (κ2) is 6.35. The van der Waals surface area contributed by atoms with Gasteiger partial charge in [0.05, 0.1) is 24.9 Å². The molecule has 4 unspecified atom stereocenters. The summed E-state index contributed by atoms with van der Waals surface area (Å²) in [6, 6.07) is 0. The summed E-state index contributed by atoms with van der Waals surface area (Å²) in [4.78, 5) is 0. The summed E-state index contributed by atoms with van der Waals surface area (Å²) in [5.74, 6) is -3.67. The number of hydrogen-bond acceptors (Lipinski definition) is 4. The fourth-order valence-electron chi connectivity index (χ4n) is 5.24. The van der Waals surface area contributed by atoms with E-state index in [2.05, 4.69) is 0 Å². The van der Waals surface area contributed by atoms with Crippen molar-refractivity contribution in [2.24, 2.45) is 23.2 Å². The predicted octanol–water partition coefficient (Wildman–Crippen LogP) is 3.40. The zero-order valence-corrected chi connectivity index (χ0v) is 15.0. The van der Waals surface area contributed by atoms with Crippen molar-refractivity contribution in [2.45, 2.75) is 57.4 Å². The monoisotopic (exact) mass is 386 g/mol. The molecule has 5 nitrogen and oxygen atoms in total. The molecule has 4 atom stereocenters. The van der Waals surface area contributed by atoms with E-state index in [4.69, 9.17) is 14.0 Å². The standard InChI is InChI=1S/C16H25F3O5S/c1-14(9-13(16(17,18)19)10-25(20,21)22)7-11-2-3-15(12(6-11)8-14)23-4-5-24-15/h11-13H,2-10H2,1H3,(H,20,21,22). The maximum atomic E-state index is 13.3. The van der Waals surface area contributed by atoms with E-state index in [1.807, 2.05) is 0 Å². The van der Waals surface area contributed by atoms with Crippen LogP contribution in [0.1, 0.15) is 45.4 Å². The second-order valence-corrected chi connectivity index (χ2v) is 9.75. The van der Waals surface area contributed by atoms with Crippen LogP contribution < -0.4 is 0 Å². The van der Waals surface area contributed by atoms with Gasteiger partial charge >= 0.3 is 6.18 Å². The van der Waals surface area contributed by atoms with Crippen LogP contribution in [0.3, 0.4) is 0 Å². The molecule has 0 aromatic heterocycles. The summed E-state index contributed by atoms with van der Waals surface area (Å²) in [7, 11) is -4.69. The lowest BCUT2D eigenvalue weighted by Crippen LogP contribution is -2.50. The van der Waals surface area contributed by atoms with Crippen LogP contribution in [0.5, 0.6) is 0 Å². The van der Waals surface area contributed by atoms with E-state index in [0.717, 1.165) is 19.3 Å². The molecule has 1 heterocycles. The van der Waals surface area contributed by atoms with E-state index in [1.54, 1.807) is 6.92 Å². The zero-order valence-electron chi connectivity index (χ0n) is 14.2. The molecular formula is C16H25F3O5S. The van der Waals surface area contributed by atoms with Gasteiger partial charge in [-0.25, -0.2) is 0 Å². The molecule has 0 aromatic carbocycles. The number of halogens is 3. The molecule has 3 rings (SSSR count). The highest BCUT2D eigenvalue weighted by Gasteiger charge is 2.55. The van der Waals surface area contributed by atoms with Crippen LogP contribution in [-0.2, 0) is 19.6 Å². The first-order valence-corrected chi connectivity index (χ1v) is 10.3. The molecule has 9 heteroatoms. The molecule has 1 N–H and O–H groups in total. The molecule has 2 saturated carbocycles. The third-order valence-corrected chi connectivity index (χ3v) is 6.88. The summed E-state index contributed by atoms with van der Waals surface area (Å²) in [5, 5.41) is 0. The van der Waals surface area contributed by atoms with Crippen LogP contribution in [0.25, 0.3) is 0 Å². The predicted molar refractivity (Wildman–Crippen MR) is 83.4 cm³/mol. The Kier molecular flexibility index (Phi) is 4.92. The van der Waals surface area contributed by atoms with Crippen LogP contribution in [-0.4, -0.2) is 43.9 Å². The summed E-state index contributed by atoms with van der Waals surface area (Å²) in [6.45, 7) is 2.81. The lowest BCUT2D eigenvalue weighted by Gasteiger charge is -2.52. The molecule has 0 radical (unpaired) electrons. The Morgan fingerprint density at radius 3 is 2.44 bits per heavy atom. The van der Waals surface area contributed by atoms with Crippen LogP contribution >= 0.6 is 0 Å². The molecular weight excluding hydrogens is 361 g/mol. The van der Waals surface area contributed by atoms with Crippen molar-refractivity contribution < 1.29 is 35.6 Å². The number of ether oxygens (including phenoxy) is 2. The minimum absolute atomic E-state index is 0.0344. The van der Waals surface area contributed by atoms with E-state index in [-0.39, 0.29) is 12.3 Å². The summed E-state index contributed by atoms with van der Waals surface area (Å²) >= 11 is 0. The highest BCUT2D eigenvalue weighted by atomic mass is 32.2. The van der Waals surface area contributed by atoms with E-state index in [1.165, 1.54) is 0 Å². The third kappa shape index (κ3) is 4.31. The Balaban J connectivity index is 1.78. The molecule has 3 aliphatic rings. The maximum Gasteiger partial charge on any atom is 0.392 e. The van der Waals surface area contributed by atoms with Crippen molar-refractivity contribution in [3.05, 3.63) is 0 Å². The Morgan fingerprint density at radius 2 is 1.88 bits per heavy atom. The minimum Gasteiger partial charge on any atom is -0.347 e. The van der Waals surface area contributed by atoms with Gasteiger partial charge in [0.25, 0.3) is 10.1 Å². The molecule has 2 bridgehead atoms. The summed E-state index contributed by atoms with van der Waals surface area (Å²) < 4.78 is 82.7. The van der Waals surface area contributed by atoms with Gasteiger partial charge in [0, 0.05) is 12.3 Å². The lowest BCUT2D eigenvalue weighted by molar-refractivity contribution is -0.241. The van der Waals surface area contributed by atoms with Crippen LogP contribution in [0.4, 0.5) is 13.2 Å². The highest BCUT2D eigenvalue weighted by Crippen LogP contribution is 2.57. The van der Waals surface area contributed by atoms with Crippen LogP contribution in [0.15, 0.2) is 0 Å². The van der Waals surface area contributed by atoms with Gasteiger partial charge in [-0.2, -0.15) is 21.6 Å². The number of hydrogen-bond donors (Lipinski definition) is 1. The van der Waals surface area contributed by atoms with Crippen molar-refractivity contribution >= 4 is 10.1 Å². The smallest absolute Gasteiger partial charge is 0.347 e. The van der Waals surface area contributed by atoms with Gasteiger partial charge in [-0.1, -0.05) is 6.92 Å². The van der Waals surface area contributed by atoms with E-state index >= 15 is 0 Å². The SMILES string of the molecule is CC1(CC(CS(=O)(=O)O)C(F)(F)F)CC2CCC3(OCCO3)C(C2)C1. The first kappa shape index (κ1) is 19.4. The van der Waals surface area contributed by atoms with Crippen molar-refractivity contribution in [1.29, 1.82) is 0 Å². The lowest BCUT2D eigenvalue weighted by atomic mass is 9.57. The Hall–Kier alpha value is -0.380. The molecule has 1 aliphatic heterocycles. The van der Waals surface area contributed by atoms with E-state index < -0.39 is 39.2 Å². The summed E-state index contributed by atoms with van der Waals surface area (Å²) in [5.41, 5.74) is -0.652. The maximum absolute atomic E-state index is 13.3. The van der Waals surface area contributed by atoms with Gasteiger partial charge < -0.3 is 9.47 Å². The molecule has 146 valence electrons. The third-order valence-electron chi connectivity index (χ3n) is 6.05. The molecule has 1 spiro atoms. The molecule has 1 saturated heterocycles. The van der Waals surface area contributed by atoms with Crippen molar-refractivity contribution in [2.75, 3.05) is 19.0 Å². The Morgan fingerprint density at radius 1 is 1.24 bits per heavy atom. The molecule has 0 amide bonds. The average molecular weight is 386 g/mol. The number of alkyl halides is 3. The van der Waals surface area contributed by atoms with Crippen molar-refractivity contribution in [3.8, 4) is 0 Å². The quantitative estimate of drug-likeness (QED) is 0.750. The first-order valence-electron chi connectivity index (χ1n) is 8.71. The van der Waals surface area contributed by atoms with E-state index in [9.17, 15) is 21.6 Å². The van der Waals surface area contributed by atoms with Crippen molar-refractivity contribution in [1.82, 2.24) is 0 Å². The highest BCUT2D eigenvalue weighted by molar-refractivity contribution is 7.85. The first-order chi connectivity index (χ1) is 11.4. The summed E-state index contributed by atoms with van der Waals surface area (Å²) in [6.07, 6.45) is -1.32. The minimum atomic E-state index is -4.69. The van der Waals surface area contributed by atoms with Gasteiger partial charge in [0.2, 0.25) is 0 Å². The molecule has 0 aromatic rings.